The Balaban J connectivity index is 1.59. The van der Waals surface area contributed by atoms with E-state index in [1.54, 1.807) is 18.3 Å². The quantitative estimate of drug-likeness (QED) is 0.882. The van der Waals surface area contributed by atoms with Gasteiger partial charge < -0.3 is 10.1 Å². The number of hydrogen-bond acceptors (Lipinski definition) is 5. The number of hydrogen-bond donors (Lipinski definition) is 1. The van der Waals surface area contributed by atoms with Crippen LogP contribution in [0.5, 0.6) is 5.88 Å². The normalized spacial score (nSPS) is 18.3. The van der Waals surface area contributed by atoms with E-state index in [1.807, 2.05) is 19.1 Å². The number of nitrogens with one attached hydrogen (secondary N) is 1. The van der Waals surface area contributed by atoms with E-state index >= 15 is 0 Å². The highest BCUT2D eigenvalue weighted by atomic mass is 19.1. The zero-order chi connectivity index (χ0) is 16.8. The van der Waals surface area contributed by atoms with Crippen LogP contribution in [0.25, 0.3) is 0 Å². The van der Waals surface area contributed by atoms with Gasteiger partial charge in [0.2, 0.25) is 11.8 Å². The molecule has 0 amide bonds. The number of piperidine rings is 1. The maximum absolute atomic E-state index is 13.8. The number of likely N-dealkylation sites (tertiary alicyclic amines) is 1. The second-order valence-electron chi connectivity index (χ2n) is 5.96. The summed E-state index contributed by atoms with van der Waals surface area (Å²) >= 11 is 0. The lowest BCUT2D eigenvalue weighted by atomic mass is 10.0. The minimum Gasteiger partial charge on any atom is -0.478 e. The Morgan fingerprint density at radius 1 is 1.33 bits per heavy atom. The molecule has 0 spiro atoms. The van der Waals surface area contributed by atoms with Gasteiger partial charge in [0, 0.05) is 37.0 Å². The summed E-state index contributed by atoms with van der Waals surface area (Å²) in [6.45, 7) is 4.96. The van der Waals surface area contributed by atoms with Crippen molar-refractivity contribution >= 4 is 5.95 Å². The van der Waals surface area contributed by atoms with Crippen LogP contribution < -0.4 is 10.1 Å². The molecule has 3 rings (SSSR count). The molecule has 24 heavy (non-hydrogen) atoms. The maximum atomic E-state index is 13.8. The minimum absolute atomic E-state index is 0.139. The first-order valence-electron chi connectivity index (χ1n) is 8.42. The first kappa shape index (κ1) is 16.6. The summed E-state index contributed by atoms with van der Waals surface area (Å²) in [5, 5.41) is 3.37. The zero-order valence-corrected chi connectivity index (χ0v) is 13.9. The van der Waals surface area contributed by atoms with Crippen molar-refractivity contribution in [3.8, 4) is 5.88 Å². The van der Waals surface area contributed by atoms with Crippen molar-refractivity contribution in [2.24, 2.45) is 0 Å². The Labute approximate surface area is 141 Å². The van der Waals surface area contributed by atoms with Crippen LogP contribution in [0.15, 0.2) is 36.5 Å². The van der Waals surface area contributed by atoms with Crippen LogP contribution in [0.3, 0.4) is 0 Å². The number of ether oxygens (including phenoxy) is 1. The maximum Gasteiger partial charge on any atom is 0.226 e. The Morgan fingerprint density at radius 3 is 3.04 bits per heavy atom. The molecule has 1 aliphatic heterocycles. The number of halogens is 1. The van der Waals surface area contributed by atoms with E-state index in [0.717, 1.165) is 31.5 Å². The monoisotopic (exact) mass is 330 g/mol. The van der Waals surface area contributed by atoms with Gasteiger partial charge in [-0.2, -0.15) is 4.98 Å². The average Bonchev–Trinajstić information content (AvgIpc) is 2.58. The van der Waals surface area contributed by atoms with E-state index in [1.165, 1.54) is 6.07 Å². The second-order valence-corrected chi connectivity index (χ2v) is 5.96. The van der Waals surface area contributed by atoms with Gasteiger partial charge >= 0.3 is 0 Å². The summed E-state index contributed by atoms with van der Waals surface area (Å²) in [6, 6.07) is 8.97. The standard InChI is InChI=1S/C18H23FN4O/c1-2-24-17-9-10-20-18(22-17)21-15-7-5-11-23(13-15)12-14-6-3-4-8-16(14)19/h3-4,6,8-10,15H,2,5,7,11-13H2,1H3,(H,20,21,22). The van der Waals surface area contributed by atoms with E-state index in [4.69, 9.17) is 4.74 Å². The van der Waals surface area contributed by atoms with Gasteiger partial charge in [-0.05, 0) is 32.4 Å². The van der Waals surface area contributed by atoms with Crippen LogP contribution in [0.4, 0.5) is 10.3 Å². The predicted octanol–water partition coefficient (Wildman–Crippen LogP) is 3.09. The third-order valence-electron chi connectivity index (χ3n) is 4.11. The van der Waals surface area contributed by atoms with E-state index in [2.05, 4.69) is 20.2 Å². The van der Waals surface area contributed by atoms with E-state index < -0.39 is 0 Å². The number of benzene rings is 1. The molecule has 0 saturated carbocycles. The molecule has 0 radical (unpaired) electrons. The van der Waals surface area contributed by atoms with Gasteiger partial charge in [0.25, 0.3) is 0 Å². The third kappa shape index (κ3) is 4.41. The summed E-state index contributed by atoms with van der Waals surface area (Å²) in [7, 11) is 0. The molecule has 2 heterocycles. The first-order chi connectivity index (χ1) is 11.7. The highest BCUT2D eigenvalue weighted by molar-refractivity contribution is 5.29. The molecule has 128 valence electrons. The van der Waals surface area contributed by atoms with Crippen molar-refractivity contribution < 1.29 is 9.13 Å². The average molecular weight is 330 g/mol. The third-order valence-corrected chi connectivity index (χ3v) is 4.11. The highest BCUT2D eigenvalue weighted by Gasteiger charge is 2.21. The SMILES string of the molecule is CCOc1ccnc(NC2CCCN(Cc3ccccc3F)C2)n1. The van der Waals surface area contributed by atoms with Crippen LogP contribution in [-0.4, -0.2) is 40.6 Å². The fraction of sp³-hybridized carbons (Fsp3) is 0.444. The van der Waals surface area contributed by atoms with Crippen molar-refractivity contribution in [3.63, 3.8) is 0 Å². The van der Waals surface area contributed by atoms with Crippen LogP contribution in [-0.2, 0) is 6.54 Å². The lowest BCUT2D eigenvalue weighted by molar-refractivity contribution is 0.206. The molecule has 1 aromatic heterocycles. The molecule has 1 fully saturated rings. The predicted molar refractivity (Wildman–Crippen MR) is 91.5 cm³/mol. The summed E-state index contributed by atoms with van der Waals surface area (Å²) in [5.41, 5.74) is 0.743. The fourth-order valence-corrected chi connectivity index (χ4v) is 3.01. The van der Waals surface area contributed by atoms with Crippen LogP contribution >= 0.6 is 0 Å². The Morgan fingerprint density at radius 2 is 2.21 bits per heavy atom. The molecule has 6 heteroatoms. The van der Waals surface area contributed by atoms with Gasteiger partial charge in [-0.15, -0.1) is 0 Å². The van der Waals surface area contributed by atoms with Crippen LogP contribution in [0, 0.1) is 5.82 Å². The van der Waals surface area contributed by atoms with E-state index in [9.17, 15) is 4.39 Å². The number of rotatable bonds is 6. The zero-order valence-electron chi connectivity index (χ0n) is 13.9. The van der Waals surface area contributed by atoms with Crippen molar-refractivity contribution in [1.82, 2.24) is 14.9 Å². The molecule has 1 atom stereocenters. The Hall–Kier alpha value is -2.21. The van der Waals surface area contributed by atoms with Gasteiger partial charge in [0.05, 0.1) is 6.61 Å². The molecular weight excluding hydrogens is 307 g/mol. The number of nitrogens with zero attached hydrogens (tertiary/aromatic N) is 3. The number of aromatic nitrogens is 2. The van der Waals surface area contributed by atoms with E-state index in [-0.39, 0.29) is 11.9 Å². The van der Waals surface area contributed by atoms with Gasteiger partial charge in [0.1, 0.15) is 5.82 Å². The van der Waals surface area contributed by atoms with E-state index in [0.29, 0.717) is 25.0 Å². The Kier molecular flexibility index (Phi) is 5.59. The fourth-order valence-electron chi connectivity index (χ4n) is 3.01. The molecule has 2 aromatic rings. The van der Waals surface area contributed by atoms with Crippen molar-refractivity contribution in [2.75, 3.05) is 25.0 Å². The van der Waals surface area contributed by atoms with Gasteiger partial charge in [-0.25, -0.2) is 9.37 Å². The molecule has 1 N–H and O–H groups in total. The summed E-state index contributed by atoms with van der Waals surface area (Å²) in [5.74, 6) is 1.02. The molecule has 1 unspecified atom stereocenters. The minimum atomic E-state index is -0.139. The van der Waals surface area contributed by atoms with Crippen LogP contribution in [0.1, 0.15) is 25.3 Å². The molecule has 5 nitrogen and oxygen atoms in total. The molecule has 1 aliphatic rings. The summed E-state index contributed by atoms with van der Waals surface area (Å²) in [4.78, 5) is 10.9. The smallest absolute Gasteiger partial charge is 0.226 e. The highest BCUT2D eigenvalue weighted by Crippen LogP contribution is 2.18. The first-order valence-corrected chi connectivity index (χ1v) is 8.42. The molecule has 1 aromatic carbocycles. The lowest BCUT2D eigenvalue weighted by Crippen LogP contribution is -2.42. The molecular formula is C18H23FN4O. The van der Waals surface area contributed by atoms with Crippen molar-refractivity contribution in [1.29, 1.82) is 0 Å². The summed E-state index contributed by atoms with van der Waals surface area (Å²) < 4.78 is 19.2. The number of anilines is 1. The Bertz CT molecular complexity index is 667. The van der Waals surface area contributed by atoms with Crippen molar-refractivity contribution in [3.05, 3.63) is 47.9 Å². The van der Waals surface area contributed by atoms with Crippen LogP contribution in [0.2, 0.25) is 0 Å². The molecule has 1 saturated heterocycles. The summed E-state index contributed by atoms with van der Waals surface area (Å²) in [6.07, 6.45) is 3.81. The molecule has 0 aliphatic carbocycles. The van der Waals surface area contributed by atoms with Gasteiger partial charge in [-0.1, -0.05) is 18.2 Å². The topological polar surface area (TPSA) is 50.3 Å². The largest absolute Gasteiger partial charge is 0.478 e. The molecule has 0 bridgehead atoms. The van der Waals surface area contributed by atoms with Gasteiger partial charge in [-0.3, -0.25) is 4.90 Å². The second kappa shape index (κ2) is 8.06. The van der Waals surface area contributed by atoms with Crippen molar-refractivity contribution in [2.45, 2.75) is 32.4 Å². The lowest BCUT2D eigenvalue weighted by Gasteiger charge is -2.33. The van der Waals surface area contributed by atoms with Gasteiger partial charge in [0.15, 0.2) is 0 Å².